The molecule has 2 N–H and O–H groups in total. The van der Waals surface area contributed by atoms with Gasteiger partial charge in [-0.25, -0.2) is 0 Å². The Bertz CT molecular complexity index is 988. The van der Waals surface area contributed by atoms with Crippen molar-refractivity contribution in [3.63, 3.8) is 0 Å². The first-order chi connectivity index (χ1) is 12.8. The summed E-state index contributed by atoms with van der Waals surface area (Å²) in [5.74, 6) is 0.268. The average molecular weight is 391 g/mol. The first-order valence-electron chi connectivity index (χ1n) is 7.89. The maximum atomic E-state index is 13.0. The van der Waals surface area contributed by atoms with Gasteiger partial charge in [0.2, 0.25) is 0 Å². The van der Waals surface area contributed by atoms with Gasteiger partial charge in [-0.2, -0.15) is 13.2 Å². The molecule has 0 aliphatic heterocycles. The van der Waals surface area contributed by atoms with E-state index in [1.54, 1.807) is 31.3 Å². The molecule has 27 heavy (non-hydrogen) atoms. The van der Waals surface area contributed by atoms with Gasteiger partial charge in [-0.3, -0.25) is 5.41 Å². The van der Waals surface area contributed by atoms with Crippen LogP contribution in [0.1, 0.15) is 16.7 Å². The van der Waals surface area contributed by atoms with Gasteiger partial charge in [0, 0.05) is 18.2 Å². The van der Waals surface area contributed by atoms with Crippen molar-refractivity contribution < 1.29 is 13.2 Å². The molecule has 8 heteroatoms. The molecule has 0 spiro atoms. The highest BCUT2D eigenvalue weighted by molar-refractivity contribution is 6.38. The topological polar surface area (TPSA) is 61.7 Å². The molecule has 0 aliphatic rings. The average Bonchev–Trinajstić information content (AvgIpc) is 2.67. The zero-order valence-electron chi connectivity index (χ0n) is 14.1. The fraction of sp³-hybridized carbons (Fsp3) is 0.105. The first kappa shape index (κ1) is 18.8. The first-order valence-corrected chi connectivity index (χ1v) is 8.26. The van der Waals surface area contributed by atoms with E-state index in [1.165, 1.54) is 12.1 Å². The van der Waals surface area contributed by atoms with Crippen LogP contribution >= 0.6 is 11.6 Å². The number of halogens is 4. The second kappa shape index (κ2) is 7.36. The van der Waals surface area contributed by atoms with Gasteiger partial charge in [-0.1, -0.05) is 54.1 Å². The minimum Gasteiger partial charge on any atom is -0.371 e. The van der Waals surface area contributed by atoms with E-state index in [1.807, 2.05) is 6.07 Å². The molecule has 0 saturated carbocycles. The van der Waals surface area contributed by atoms with E-state index in [0.717, 1.165) is 12.1 Å². The number of aromatic nitrogens is 2. The Morgan fingerprint density at radius 2 is 1.74 bits per heavy atom. The Morgan fingerprint density at radius 3 is 2.37 bits per heavy atom. The summed E-state index contributed by atoms with van der Waals surface area (Å²) < 4.78 is 39.1. The fourth-order valence-corrected chi connectivity index (χ4v) is 2.93. The molecular weight excluding hydrogens is 377 g/mol. The largest absolute Gasteiger partial charge is 0.416 e. The van der Waals surface area contributed by atoms with Crippen LogP contribution in [0, 0.1) is 5.41 Å². The predicted octanol–water partition coefficient (Wildman–Crippen LogP) is 5.27. The number of alkyl halides is 3. The lowest BCUT2D eigenvalue weighted by Crippen LogP contribution is -2.11. The summed E-state index contributed by atoms with van der Waals surface area (Å²) in [5.41, 5.74) is 0.402. The Balaban J connectivity index is 2.16. The van der Waals surface area contributed by atoms with E-state index in [0.29, 0.717) is 5.56 Å². The number of anilines is 1. The summed E-state index contributed by atoms with van der Waals surface area (Å²) in [6.07, 6.45) is -4.49. The van der Waals surface area contributed by atoms with Gasteiger partial charge < -0.3 is 5.32 Å². The minimum atomic E-state index is -4.49. The van der Waals surface area contributed by atoms with Crippen molar-refractivity contribution in [2.75, 3.05) is 12.4 Å². The third kappa shape index (κ3) is 3.78. The number of hydrogen-bond acceptors (Lipinski definition) is 4. The molecule has 0 aliphatic carbocycles. The molecule has 0 fully saturated rings. The van der Waals surface area contributed by atoms with Crippen molar-refractivity contribution >= 4 is 23.1 Å². The summed E-state index contributed by atoms with van der Waals surface area (Å²) in [5, 5.41) is 19.3. The SMILES string of the molecule is CNc1nnc(-c2cccc(C(F)(F)F)c2)c(Cl)c1C(=N)c1ccccc1. The molecule has 0 radical (unpaired) electrons. The normalized spacial score (nSPS) is 11.3. The zero-order chi connectivity index (χ0) is 19.6. The summed E-state index contributed by atoms with van der Waals surface area (Å²) in [4.78, 5) is 0. The Morgan fingerprint density at radius 1 is 1.04 bits per heavy atom. The molecule has 4 nitrogen and oxygen atoms in total. The minimum absolute atomic E-state index is 0.0579. The number of hydrogen-bond donors (Lipinski definition) is 2. The number of benzene rings is 2. The molecule has 0 saturated heterocycles. The van der Waals surface area contributed by atoms with Crippen LogP contribution in [-0.4, -0.2) is 23.0 Å². The molecule has 0 amide bonds. The van der Waals surface area contributed by atoms with Crippen LogP contribution in [0.4, 0.5) is 19.0 Å². The third-order valence-electron chi connectivity index (χ3n) is 3.93. The second-order valence-electron chi connectivity index (χ2n) is 5.66. The van der Waals surface area contributed by atoms with E-state index in [9.17, 15) is 13.2 Å². The van der Waals surface area contributed by atoms with E-state index in [4.69, 9.17) is 17.0 Å². The van der Waals surface area contributed by atoms with Gasteiger partial charge in [-0.05, 0) is 12.1 Å². The Kier molecular flexibility index (Phi) is 5.14. The predicted molar refractivity (Wildman–Crippen MR) is 99.4 cm³/mol. The monoisotopic (exact) mass is 390 g/mol. The number of rotatable bonds is 4. The van der Waals surface area contributed by atoms with Crippen LogP contribution in [0.2, 0.25) is 5.02 Å². The highest BCUT2D eigenvalue weighted by Gasteiger charge is 2.31. The lowest BCUT2D eigenvalue weighted by atomic mass is 10.0. The molecule has 138 valence electrons. The molecule has 2 aromatic carbocycles. The van der Waals surface area contributed by atoms with E-state index in [2.05, 4.69) is 15.5 Å². The Hall–Kier alpha value is -2.93. The fourth-order valence-electron chi connectivity index (χ4n) is 2.60. The molecule has 3 aromatic rings. The van der Waals surface area contributed by atoms with Crippen molar-refractivity contribution in [2.24, 2.45) is 0 Å². The Labute approximate surface area is 158 Å². The van der Waals surface area contributed by atoms with E-state index in [-0.39, 0.29) is 33.4 Å². The van der Waals surface area contributed by atoms with Crippen molar-refractivity contribution in [3.8, 4) is 11.3 Å². The van der Waals surface area contributed by atoms with Gasteiger partial charge in [0.1, 0.15) is 5.69 Å². The van der Waals surface area contributed by atoms with Crippen molar-refractivity contribution in [1.82, 2.24) is 10.2 Å². The smallest absolute Gasteiger partial charge is 0.371 e. The van der Waals surface area contributed by atoms with Crippen LogP contribution in [0.25, 0.3) is 11.3 Å². The lowest BCUT2D eigenvalue weighted by molar-refractivity contribution is -0.137. The van der Waals surface area contributed by atoms with Crippen LogP contribution < -0.4 is 5.32 Å². The molecular formula is C19H14ClF3N4. The standard InChI is InChI=1S/C19H14ClF3N4/c1-25-18-14(16(24)11-6-3-2-4-7-11)15(20)17(26-27-18)12-8-5-9-13(10-12)19(21,22)23/h2-10,24H,1H3,(H,25,27). The summed E-state index contributed by atoms with van der Waals surface area (Å²) >= 11 is 6.47. The summed E-state index contributed by atoms with van der Waals surface area (Å²) in [7, 11) is 1.60. The molecule has 1 aromatic heterocycles. The summed E-state index contributed by atoms with van der Waals surface area (Å²) in [6, 6.07) is 13.5. The second-order valence-corrected chi connectivity index (χ2v) is 6.03. The van der Waals surface area contributed by atoms with Crippen LogP contribution in [0.5, 0.6) is 0 Å². The number of nitrogens with zero attached hydrogens (tertiary/aromatic N) is 2. The third-order valence-corrected chi connectivity index (χ3v) is 4.29. The van der Waals surface area contributed by atoms with Crippen molar-refractivity contribution in [1.29, 1.82) is 5.41 Å². The maximum absolute atomic E-state index is 13.0. The van der Waals surface area contributed by atoms with Crippen LogP contribution in [0.3, 0.4) is 0 Å². The van der Waals surface area contributed by atoms with Gasteiger partial charge in [0.05, 0.1) is 21.9 Å². The van der Waals surface area contributed by atoms with Crippen molar-refractivity contribution in [2.45, 2.75) is 6.18 Å². The zero-order valence-corrected chi connectivity index (χ0v) is 14.9. The van der Waals surface area contributed by atoms with Gasteiger partial charge in [0.15, 0.2) is 5.82 Å². The highest BCUT2D eigenvalue weighted by Crippen LogP contribution is 2.36. The van der Waals surface area contributed by atoms with E-state index < -0.39 is 11.7 Å². The summed E-state index contributed by atoms with van der Waals surface area (Å²) in [6.45, 7) is 0. The molecule has 0 atom stereocenters. The number of nitrogens with one attached hydrogen (secondary N) is 2. The lowest BCUT2D eigenvalue weighted by Gasteiger charge is -2.14. The molecule has 3 rings (SSSR count). The maximum Gasteiger partial charge on any atom is 0.416 e. The molecule has 0 unspecified atom stereocenters. The van der Waals surface area contributed by atoms with Gasteiger partial charge in [0.25, 0.3) is 0 Å². The van der Waals surface area contributed by atoms with Gasteiger partial charge in [-0.15, -0.1) is 10.2 Å². The van der Waals surface area contributed by atoms with Crippen LogP contribution in [-0.2, 0) is 6.18 Å². The molecule has 0 bridgehead atoms. The van der Waals surface area contributed by atoms with E-state index >= 15 is 0 Å². The van der Waals surface area contributed by atoms with Crippen molar-refractivity contribution in [3.05, 3.63) is 76.3 Å². The van der Waals surface area contributed by atoms with Crippen LogP contribution in [0.15, 0.2) is 54.6 Å². The quantitative estimate of drug-likeness (QED) is 0.596. The van der Waals surface area contributed by atoms with Gasteiger partial charge >= 0.3 is 6.18 Å². The molecule has 1 heterocycles. The highest BCUT2D eigenvalue weighted by atomic mass is 35.5.